The highest BCUT2D eigenvalue weighted by Gasteiger charge is 2.33. The molecule has 6 heteroatoms. The first kappa shape index (κ1) is 20.6. The summed E-state index contributed by atoms with van der Waals surface area (Å²) in [6.07, 6.45) is 7.78. The van der Waals surface area contributed by atoms with Crippen molar-refractivity contribution in [3.05, 3.63) is 23.8 Å². The summed E-state index contributed by atoms with van der Waals surface area (Å²) >= 11 is 0. The van der Waals surface area contributed by atoms with Gasteiger partial charge in [-0.25, -0.2) is 0 Å². The number of anilines is 2. The van der Waals surface area contributed by atoms with Crippen LogP contribution in [0.4, 0.5) is 11.4 Å². The molecule has 0 spiro atoms. The molecule has 1 aromatic carbocycles. The molecule has 4 saturated heterocycles. The van der Waals surface area contributed by atoms with Crippen LogP contribution < -0.4 is 9.80 Å². The summed E-state index contributed by atoms with van der Waals surface area (Å²) in [4.78, 5) is 4.97. The molecule has 30 heavy (non-hydrogen) atoms. The van der Waals surface area contributed by atoms with Crippen molar-refractivity contribution in [2.24, 2.45) is 0 Å². The van der Waals surface area contributed by atoms with E-state index in [4.69, 9.17) is 18.9 Å². The topological polar surface area (TPSA) is 56.6 Å². The van der Waals surface area contributed by atoms with Gasteiger partial charge >= 0.3 is 0 Å². The smallest absolute Gasteiger partial charge is 0.0984 e. The third-order valence-corrected chi connectivity index (χ3v) is 6.37. The van der Waals surface area contributed by atoms with Gasteiger partial charge in [0.25, 0.3) is 0 Å². The summed E-state index contributed by atoms with van der Waals surface area (Å²) < 4.78 is 22.2. The average Bonchev–Trinajstić information content (AvgIpc) is 3.57. The van der Waals surface area contributed by atoms with Crippen LogP contribution >= 0.6 is 0 Å². The Morgan fingerprint density at radius 3 is 1.77 bits per heavy atom. The fourth-order valence-electron chi connectivity index (χ4n) is 4.25. The highest BCUT2D eigenvalue weighted by Crippen LogP contribution is 2.32. The number of unbranched alkanes of at least 4 members (excludes halogenated alkanes) is 3. The largest absolute Gasteiger partial charge is 0.371 e. The van der Waals surface area contributed by atoms with E-state index in [0.29, 0.717) is 24.4 Å². The Labute approximate surface area is 180 Å². The van der Waals surface area contributed by atoms with Crippen molar-refractivity contribution in [3.8, 4) is 0 Å². The molecule has 0 amide bonds. The average molecular weight is 417 g/mol. The van der Waals surface area contributed by atoms with Crippen LogP contribution in [0.5, 0.6) is 0 Å². The van der Waals surface area contributed by atoms with Gasteiger partial charge in [-0.2, -0.15) is 0 Å². The summed E-state index contributed by atoms with van der Waals surface area (Å²) in [5, 5.41) is 0. The van der Waals surface area contributed by atoms with Crippen LogP contribution in [0.3, 0.4) is 0 Å². The number of ether oxygens (including phenoxy) is 4. The van der Waals surface area contributed by atoms with Gasteiger partial charge in [0.05, 0.1) is 50.8 Å². The summed E-state index contributed by atoms with van der Waals surface area (Å²) in [6, 6.07) is 7.06. The van der Waals surface area contributed by atoms with Gasteiger partial charge in [0.15, 0.2) is 0 Å². The maximum absolute atomic E-state index is 5.56. The summed E-state index contributed by atoms with van der Waals surface area (Å²) in [7, 11) is 0. The molecule has 6 nitrogen and oxygen atoms in total. The molecule has 0 radical (unpaired) electrons. The van der Waals surface area contributed by atoms with Crippen LogP contribution in [0.1, 0.15) is 38.2 Å². The predicted octanol–water partition coefficient (Wildman–Crippen LogP) is 3.02. The molecule has 0 bridgehead atoms. The van der Waals surface area contributed by atoms with Crippen molar-refractivity contribution >= 4 is 11.4 Å². The molecule has 4 unspecified atom stereocenters. The molecule has 4 heterocycles. The lowest BCUT2D eigenvalue weighted by molar-refractivity contribution is 0.388. The van der Waals surface area contributed by atoms with Crippen LogP contribution in [0.25, 0.3) is 0 Å². The van der Waals surface area contributed by atoms with E-state index in [2.05, 4.69) is 34.9 Å². The van der Waals surface area contributed by atoms with E-state index < -0.39 is 0 Å². The molecule has 1 aromatic rings. The Bertz CT molecular complexity index is 670. The third-order valence-electron chi connectivity index (χ3n) is 6.37. The highest BCUT2D eigenvalue weighted by atomic mass is 16.6. The second-order valence-electron chi connectivity index (χ2n) is 9.26. The number of nitrogens with zero attached hydrogens (tertiary/aromatic N) is 2. The van der Waals surface area contributed by atoms with Gasteiger partial charge in [-0.1, -0.05) is 26.2 Å². The van der Waals surface area contributed by atoms with Crippen molar-refractivity contribution in [2.45, 2.75) is 63.4 Å². The molecule has 0 aromatic heterocycles. The van der Waals surface area contributed by atoms with Gasteiger partial charge in [0.2, 0.25) is 0 Å². The van der Waals surface area contributed by atoms with Gasteiger partial charge < -0.3 is 28.7 Å². The molecule has 0 saturated carbocycles. The first-order valence-corrected chi connectivity index (χ1v) is 11.9. The minimum absolute atomic E-state index is 0.381. The van der Waals surface area contributed by atoms with E-state index in [1.165, 1.54) is 42.6 Å². The van der Waals surface area contributed by atoms with Gasteiger partial charge in [-0.15, -0.1) is 0 Å². The Hall–Kier alpha value is -1.34. The molecule has 4 aliphatic heterocycles. The molecular formula is C24H36N2O4. The fourth-order valence-corrected chi connectivity index (χ4v) is 4.25. The molecule has 4 fully saturated rings. The minimum atomic E-state index is 0.381. The number of aryl methyl sites for hydroxylation is 1. The fraction of sp³-hybridized carbons (Fsp3) is 0.750. The quantitative estimate of drug-likeness (QED) is 0.324. The van der Waals surface area contributed by atoms with Gasteiger partial charge in [0.1, 0.15) is 0 Å². The van der Waals surface area contributed by atoms with Crippen molar-refractivity contribution in [1.29, 1.82) is 0 Å². The highest BCUT2D eigenvalue weighted by molar-refractivity contribution is 5.62. The van der Waals surface area contributed by atoms with Crippen molar-refractivity contribution in [1.82, 2.24) is 0 Å². The maximum atomic E-state index is 5.56. The molecule has 166 valence electrons. The van der Waals surface area contributed by atoms with E-state index in [1.807, 2.05) is 0 Å². The zero-order valence-electron chi connectivity index (χ0n) is 18.3. The van der Waals surface area contributed by atoms with E-state index in [-0.39, 0.29) is 0 Å². The molecule has 4 atom stereocenters. The van der Waals surface area contributed by atoms with Gasteiger partial charge in [-0.3, -0.25) is 0 Å². The summed E-state index contributed by atoms with van der Waals surface area (Å²) in [5.74, 6) is 0. The second-order valence-corrected chi connectivity index (χ2v) is 9.26. The molecule has 0 aliphatic carbocycles. The monoisotopic (exact) mass is 416 g/mol. The Morgan fingerprint density at radius 1 is 0.733 bits per heavy atom. The summed E-state index contributed by atoms with van der Waals surface area (Å²) in [5.41, 5.74) is 4.13. The molecule has 5 rings (SSSR count). The normalized spacial score (nSPS) is 28.3. The van der Waals surface area contributed by atoms with E-state index in [0.717, 1.165) is 59.0 Å². The third kappa shape index (κ3) is 6.10. The lowest BCUT2D eigenvalue weighted by Gasteiger charge is -2.29. The van der Waals surface area contributed by atoms with Gasteiger partial charge in [-0.05, 0) is 36.6 Å². The SMILES string of the molecule is CCCCCCc1cc(N(CC2CO2)CC2CO2)ccc1N(CC1CO1)CC1CO1. The summed E-state index contributed by atoms with van der Waals surface area (Å²) in [6.45, 7) is 9.70. The van der Waals surface area contributed by atoms with E-state index in [1.54, 1.807) is 0 Å². The van der Waals surface area contributed by atoms with Crippen LogP contribution in [-0.2, 0) is 25.4 Å². The van der Waals surface area contributed by atoms with Crippen molar-refractivity contribution in [2.75, 3.05) is 62.4 Å². The standard InChI is InChI=1S/C24H36N2O4/c1-2-3-4-5-6-18-9-19(25(10-20-14-27-20)11-21-15-28-21)7-8-24(18)26(12-22-16-29-22)13-23-17-30-23/h7-9,20-23H,2-6,10-17H2,1H3. The Kier molecular flexibility index (Phi) is 6.46. The van der Waals surface area contributed by atoms with E-state index >= 15 is 0 Å². The zero-order chi connectivity index (χ0) is 20.3. The Balaban J connectivity index is 1.36. The number of epoxide rings is 4. The number of hydrogen-bond donors (Lipinski definition) is 0. The van der Waals surface area contributed by atoms with Crippen LogP contribution in [0, 0.1) is 0 Å². The minimum Gasteiger partial charge on any atom is -0.371 e. The maximum Gasteiger partial charge on any atom is 0.0984 e. The van der Waals surface area contributed by atoms with Crippen LogP contribution in [0.2, 0.25) is 0 Å². The Morgan fingerprint density at radius 2 is 1.27 bits per heavy atom. The van der Waals surface area contributed by atoms with E-state index in [9.17, 15) is 0 Å². The first-order chi connectivity index (χ1) is 14.8. The van der Waals surface area contributed by atoms with Crippen LogP contribution in [0.15, 0.2) is 18.2 Å². The van der Waals surface area contributed by atoms with Crippen molar-refractivity contribution in [3.63, 3.8) is 0 Å². The molecule has 4 aliphatic rings. The van der Waals surface area contributed by atoms with Gasteiger partial charge in [0, 0.05) is 37.6 Å². The number of benzene rings is 1. The lowest BCUT2D eigenvalue weighted by Crippen LogP contribution is -2.33. The number of hydrogen-bond acceptors (Lipinski definition) is 6. The predicted molar refractivity (Wildman–Crippen MR) is 118 cm³/mol. The number of rotatable bonds is 15. The van der Waals surface area contributed by atoms with Crippen molar-refractivity contribution < 1.29 is 18.9 Å². The first-order valence-electron chi connectivity index (χ1n) is 11.9. The molecular weight excluding hydrogens is 380 g/mol. The molecule has 0 N–H and O–H groups in total. The zero-order valence-corrected chi connectivity index (χ0v) is 18.3. The second kappa shape index (κ2) is 9.43. The lowest BCUT2D eigenvalue weighted by atomic mass is 10.0. The van der Waals surface area contributed by atoms with Crippen LogP contribution in [-0.4, -0.2) is 77.0 Å².